The first-order chi connectivity index (χ1) is 14.8. The maximum atomic E-state index is 7.98. The second-order valence-corrected chi connectivity index (χ2v) is 8.79. The summed E-state index contributed by atoms with van der Waals surface area (Å²) in [5.41, 5.74) is 4.52. The standard InChI is InChI=1S/C21H22N6S/c1-13-11-24-26(4)19(13)18-20-16(12-23-18)25-21(27-14(2)8-9-15(27)3)28(20)17-7-5-6-10-22-17/h5-12,23,28H,1-4H3/i1D3. The summed E-state index contributed by atoms with van der Waals surface area (Å²) in [6.07, 6.45) is 5.06. The number of H-pyrrole nitrogens is 1. The lowest BCUT2D eigenvalue weighted by atomic mass is 10.2. The number of aryl methyl sites for hydroxylation is 4. The Morgan fingerprint density at radius 1 is 1.14 bits per heavy atom. The first kappa shape index (κ1) is 14.0. The van der Waals surface area contributed by atoms with Gasteiger partial charge in [0.05, 0.1) is 33.2 Å². The molecule has 1 unspecified atom stereocenters. The average Bonchev–Trinajstić information content (AvgIpc) is 3.45. The van der Waals surface area contributed by atoms with Gasteiger partial charge < -0.3 is 4.98 Å². The quantitative estimate of drug-likeness (QED) is 0.492. The topological polar surface area (TPSA) is 63.8 Å². The van der Waals surface area contributed by atoms with E-state index in [1.807, 2.05) is 24.4 Å². The second-order valence-electron chi connectivity index (χ2n) is 6.81. The monoisotopic (exact) mass is 393 g/mol. The van der Waals surface area contributed by atoms with E-state index in [1.54, 1.807) is 17.9 Å². The Labute approximate surface area is 170 Å². The molecule has 0 fully saturated rings. The third-order valence-electron chi connectivity index (χ3n) is 5.00. The molecule has 7 heteroatoms. The molecule has 0 bridgehead atoms. The van der Waals surface area contributed by atoms with Crippen LogP contribution in [-0.2, 0) is 7.05 Å². The zero-order chi connectivity index (χ0) is 21.9. The summed E-state index contributed by atoms with van der Waals surface area (Å²) in [6.45, 7) is 1.85. The molecule has 4 aromatic rings. The highest BCUT2D eigenvalue weighted by atomic mass is 32.2. The molecule has 0 aromatic carbocycles. The molecule has 0 saturated carbocycles. The van der Waals surface area contributed by atoms with Crippen LogP contribution in [0.5, 0.6) is 0 Å². The Kier molecular flexibility index (Phi) is 3.12. The molecule has 1 aliphatic heterocycles. The van der Waals surface area contributed by atoms with Gasteiger partial charge in [-0.15, -0.1) is 10.9 Å². The molecule has 1 aliphatic rings. The molecule has 0 radical (unpaired) electrons. The van der Waals surface area contributed by atoms with E-state index < -0.39 is 17.7 Å². The molecule has 0 saturated heterocycles. The third kappa shape index (κ3) is 2.39. The Morgan fingerprint density at radius 2 is 1.96 bits per heavy atom. The molecule has 28 heavy (non-hydrogen) atoms. The zero-order valence-corrected chi connectivity index (χ0v) is 16.7. The van der Waals surface area contributed by atoms with Gasteiger partial charge in [0.2, 0.25) is 0 Å². The van der Waals surface area contributed by atoms with Crippen molar-refractivity contribution < 1.29 is 4.11 Å². The smallest absolute Gasteiger partial charge is 0.162 e. The number of aliphatic imine (C=N–C) groups is 1. The molecule has 6 nitrogen and oxygen atoms in total. The summed E-state index contributed by atoms with van der Waals surface area (Å²) in [6, 6.07) is 10.0. The number of pyridine rings is 1. The lowest BCUT2D eigenvalue weighted by molar-refractivity contribution is 0.772. The van der Waals surface area contributed by atoms with Crippen LogP contribution >= 0.6 is 10.9 Å². The minimum atomic E-state index is -2.27. The minimum absolute atomic E-state index is 0.220. The molecule has 0 spiro atoms. The van der Waals surface area contributed by atoms with Crippen molar-refractivity contribution in [1.82, 2.24) is 24.3 Å². The fourth-order valence-electron chi connectivity index (χ4n) is 3.73. The van der Waals surface area contributed by atoms with Gasteiger partial charge >= 0.3 is 0 Å². The van der Waals surface area contributed by atoms with Crippen molar-refractivity contribution in [3.8, 4) is 11.4 Å². The number of fused-ring (bicyclic) bond motifs is 1. The van der Waals surface area contributed by atoms with Gasteiger partial charge in [-0.05, 0) is 50.5 Å². The van der Waals surface area contributed by atoms with Crippen LogP contribution < -0.4 is 0 Å². The fraction of sp³-hybridized carbons (Fsp3) is 0.190. The van der Waals surface area contributed by atoms with Gasteiger partial charge in [0.1, 0.15) is 0 Å². The first-order valence-corrected chi connectivity index (χ1v) is 10.3. The molecule has 5 heterocycles. The van der Waals surface area contributed by atoms with E-state index in [0.717, 1.165) is 37.9 Å². The maximum absolute atomic E-state index is 7.98. The molecular formula is C21H22N6S. The summed E-state index contributed by atoms with van der Waals surface area (Å²) in [4.78, 5) is 13.9. The second kappa shape index (κ2) is 6.24. The highest BCUT2D eigenvalue weighted by Gasteiger charge is 2.34. The molecule has 0 amide bonds. The maximum Gasteiger partial charge on any atom is 0.162 e. The number of rotatable bonds is 2. The summed E-state index contributed by atoms with van der Waals surface area (Å²) in [7, 11) is 0.656. The van der Waals surface area contributed by atoms with Gasteiger partial charge in [-0.3, -0.25) is 14.2 Å². The van der Waals surface area contributed by atoms with E-state index in [4.69, 9.17) is 9.10 Å². The van der Waals surface area contributed by atoms with Gasteiger partial charge in [0.25, 0.3) is 0 Å². The highest BCUT2D eigenvalue weighted by Crippen LogP contribution is 2.58. The van der Waals surface area contributed by atoms with E-state index in [9.17, 15) is 0 Å². The van der Waals surface area contributed by atoms with Crippen LogP contribution in [0, 0.1) is 20.7 Å². The van der Waals surface area contributed by atoms with Crippen LogP contribution in [0.25, 0.3) is 11.4 Å². The third-order valence-corrected chi connectivity index (χ3v) is 7.32. The highest BCUT2D eigenvalue weighted by molar-refractivity contribution is 8.30. The van der Waals surface area contributed by atoms with Crippen LogP contribution in [0.1, 0.15) is 21.1 Å². The van der Waals surface area contributed by atoms with Crippen molar-refractivity contribution in [2.45, 2.75) is 30.6 Å². The van der Waals surface area contributed by atoms with Crippen molar-refractivity contribution in [1.29, 1.82) is 0 Å². The molecule has 1 N–H and O–H groups in total. The number of nitrogens with one attached hydrogen (secondary N) is 1. The molecule has 142 valence electrons. The number of aromatic amines is 1. The van der Waals surface area contributed by atoms with Crippen molar-refractivity contribution in [3.05, 3.63) is 65.9 Å². The summed E-state index contributed by atoms with van der Waals surface area (Å²) in [5.74, 6) is 0. The van der Waals surface area contributed by atoms with Gasteiger partial charge in [-0.2, -0.15) is 5.10 Å². The number of nitrogens with zero attached hydrogens (tertiary/aromatic N) is 5. The van der Waals surface area contributed by atoms with Gasteiger partial charge in [-0.25, -0.2) is 4.99 Å². The van der Waals surface area contributed by atoms with E-state index in [-0.39, 0.29) is 5.56 Å². The summed E-state index contributed by atoms with van der Waals surface area (Å²) in [5, 5.41) is 6.09. The Balaban J connectivity index is 1.76. The van der Waals surface area contributed by atoms with Gasteiger partial charge in [0, 0.05) is 34.9 Å². The van der Waals surface area contributed by atoms with Crippen molar-refractivity contribution in [2.75, 3.05) is 0 Å². The number of thiol groups is 1. The fourth-order valence-corrected chi connectivity index (χ4v) is 6.24. The SMILES string of the molecule is [2H]C([2H])([2H])c1cnn(C)c1-c1[nH]cc2c1[SH](c1ccccn1)C(n1c(C)ccc1C)=N2. The summed E-state index contributed by atoms with van der Waals surface area (Å²) < 4.78 is 27.7. The lowest BCUT2D eigenvalue weighted by Gasteiger charge is -2.22. The molecule has 0 aliphatic carbocycles. The molecule has 5 rings (SSSR count). The van der Waals surface area contributed by atoms with E-state index in [0.29, 0.717) is 5.69 Å². The first-order valence-electron chi connectivity index (χ1n) is 10.5. The predicted octanol–water partition coefficient (Wildman–Crippen LogP) is 4.51. The molecular weight excluding hydrogens is 368 g/mol. The van der Waals surface area contributed by atoms with Crippen LogP contribution in [0.3, 0.4) is 0 Å². The van der Waals surface area contributed by atoms with Crippen molar-refractivity contribution in [2.24, 2.45) is 12.0 Å². The zero-order valence-electron chi connectivity index (χ0n) is 18.8. The molecule has 1 atom stereocenters. The summed E-state index contributed by atoms with van der Waals surface area (Å²) >= 11 is 0. The van der Waals surface area contributed by atoms with Crippen molar-refractivity contribution >= 4 is 21.8 Å². The van der Waals surface area contributed by atoms with Crippen LogP contribution in [0.4, 0.5) is 5.69 Å². The number of aromatic nitrogens is 5. The van der Waals surface area contributed by atoms with E-state index in [1.165, 1.54) is 6.20 Å². The normalized spacial score (nSPS) is 19.0. The Morgan fingerprint density at radius 3 is 2.68 bits per heavy atom. The molecule has 4 aromatic heterocycles. The number of hydrogen-bond acceptors (Lipinski definition) is 3. The minimum Gasteiger partial charge on any atom is -0.357 e. The lowest BCUT2D eigenvalue weighted by Crippen LogP contribution is -2.14. The van der Waals surface area contributed by atoms with Crippen LogP contribution in [-0.4, -0.2) is 29.5 Å². The van der Waals surface area contributed by atoms with Gasteiger partial charge in [-0.1, -0.05) is 6.07 Å². The largest absolute Gasteiger partial charge is 0.357 e. The Bertz CT molecular complexity index is 1290. The average molecular weight is 394 g/mol. The van der Waals surface area contributed by atoms with Gasteiger partial charge in [0.15, 0.2) is 5.17 Å². The van der Waals surface area contributed by atoms with Crippen LogP contribution in [0.15, 0.2) is 63.8 Å². The Hall–Kier alpha value is -3.06. The number of hydrogen-bond donors (Lipinski definition) is 2. The van der Waals surface area contributed by atoms with E-state index in [2.05, 4.69) is 45.6 Å². The predicted molar refractivity (Wildman–Crippen MR) is 114 cm³/mol. The van der Waals surface area contributed by atoms with Crippen LogP contribution in [0.2, 0.25) is 0 Å². The van der Waals surface area contributed by atoms with E-state index >= 15 is 0 Å². The van der Waals surface area contributed by atoms with Crippen molar-refractivity contribution in [3.63, 3.8) is 0 Å².